The van der Waals surface area contributed by atoms with Gasteiger partial charge in [-0.15, -0.1) is 0 Å². The van der Waals surface area contributed by atoms with E-state index in [4.69, 9.17) is 4.42 Å². The molecule has 0 spiro atoms. The number of rotatable bonds is 8. The zero-order valence-corrected chi connectivity index (χ0v) is 11.0. The Labute approximate surface area is 102 Å². The van der Waals surface area contributed by atoms with E-state index >= 15 is 0 Å². The van der Waals surface area contributed by atoms with Gasteiger partial charge in [0.25, 0.3) is 0 Å². The molecule has 1 aromatic rings. The first kappa shape index (κ1) is 14.1. The Morgan fingerprint density at radius 2 is 2.24 bits per heavy atom. The van der Waals surface area contributed by atoms with Crippen LogP contribution in [0.1, 0.15) is 25.0 Å². The number of oxazole rings is 1. The van der Waals surface area contributed by atoms with Crippen molar-refractivity contribution in [2.45, 2.75) is 26.3 Å². The first-order valence-corrected chi connectivity index (χ1v) is 7.28. The van der Waals surface area contributed by atoms with E-state index in [1.54, 1.807) is 13.2 Å². The average molecular weight is 261 g/mol. The van der Waals surface area contributed by atoms with Crippen LogP contribution < -0.4 is 10.0 Å². The summed E-state index contributed by atoms with van der Waals surface area (Å²) in [4.78, 5) is 3.98. The van der Waals surface area contributed by atoms with Gasteiger partial charge in [0.1, 0.15) is 5.76 Å². The third-order valence-electron chi connectivity index (χ3n) is 2.23. The van der Waals surface area contributed by atoms with Crippen molar-refractivity contribution < 1.29 is 12.8 Å². The van der Waals surface area contributed by atoms with E-state index < -0.39 is 10.0 Å². The fraction of sp³-hybridized carbons (Fsp3) is 0.700. The van der Waals surface area contributed by atoms with Gasteiger partial charge in [0.05, 0.1) is 18.5 Å². The molecule has 17 heavy (non-hydrogen) atoms. The van der Waals surface area contributed by atoms with Crippen molar-refractivity contribution >= 4 is 10.0 Å². The number of hydrogen-bond acceptors (Lipinski definition) is 5. The summed E-state index contributed by atoms with van der Waals surface area (Å²) in [7, 11) is -1.45. The van der Waals surface area contributed by atoms with Crippen molar-refractivity contribution in [2.75, 3.05) is 19.3 Å². The molecular weight excluding hydrogens is 242 g/mol. The highest BCUT2D eigenvalue weighted by molar-refractivity contribution is 7.89. The summed E-state index contributed by atoms with van der Waals surface area (Å²) in [5.41, 5.74) is 0. The number of aromatic nitrogens is 1. The molecule has 0 saturated heterocycles. The van der Waals surface area contributed by atoms with Gasteiger partial charge in [-0.05, 0) is 20.0 Å². The molecule has 98 valence electrons. The summed E-state index contributed by atoms with van der Waals surface area (Å²) < 4.78 is 30.9. The lowest BCUT2D eigenvalue weighted by Crippen LogP contribution is -2.27. The van der Waals surface area contributed by atoms with Crippen LogP contribution in [0.4, 0.5) is 0 Å². The third kappa shape index (κ3) is 5.29. The Bertz CT molecular complexity index is 428. The zero-order chi connectivity index (χ0) is 12.7. The molecule has 7 heteroatoms. The maximum Gasteiger partial charge on any atom is 0.212 e. The Hall–Kier alpha value is -0.920. The Morgan fingerprint density at radius 3 is 2.82 bits per heavy atom. The summed E-state index contributed by atoms with van der Waals surface area (Å²) in [5, 5.41) is 2.90. The largest absolute Gasteiger partial charge is 0.444 e. The lowest BCUT2D eigenvalue weighted by atomic mass is 10.4. The number of nitrogens with zero attached hydrogens (tertiary/aromatic N) is 1. The second-order valence-corrected chi connectivity index (χ2v) is 5.60. The predicted molar refractivity (Wildman–Crippen MR) is 65.1 cm³/mol. The Kier molecular flexibility index (Phi) is 5.60. The van der Waals surface area contributed by atoms with Gasteiger partial charge in [-0.1, -0.05) is 6.92 Å². The normalized spacial score (nSPS) is 11.9. The summed E-state index contributed by atoms with van der Waals surface area (Å²) in [5.74, 6) is 1.27. The monoisotopic (exact) mass is 261 g/mol. The fourth-order valence-corrected chi connectivity index (χ4v) is 2.29. The topological polar surface area (TPSA) is 84.2 Å². The van der Waals surface area contributed by atoms with E-state index in [0.717, 1.165) is 12.2 Å². The van der Waals surface area contributed by atoms with Crippen LogP contribution in [-0.4, -0.2) is 32.7 Å². The van der Waals surface area contributed by atoms with Gasteiger partial charge in [-0.25, -0.2) is 18.1 Å². The van der Waals surface area contributed by atoms with Gasteiger partial charge >= 0.3 is 0 Å². The average Bonchev–Trinajstić information content (AvgIpc) is 2.75. The first-order valence-electron chi connectivity index (χ1n) is 5.63. The van der Waals surface area contributed by atoms with Crippen LogP contribution in [0, 0.1) is 0 Å². The summed E-state index contributed by atoms with van der Waals surface area (Å²) in [6.45, 7) is 2.74. The molecule has 2 N–H and O–H groups in total. The van der Waals surface area contributed by atoms with Crippen molar-refractivity contribution in [3.63, 3.8) is 0 Å². The van der Waals surface area contributed by atoms with Crippen LogP contribution >= 0.6 is 0 Å². The molecule has 0 radical (unpaired) electrons. The molecule has 1 rings (SSSR count). The summed E-state index contributed by atoms with van der Waals surface area (Å²) in [6.07, 6.45) is 2.95. The van der Waals surface area contributed by atoms with E-state index in [2.05, 4.69) is 15.0 Å². The van der Waals surface area contributed by atoms with E-state index in [1.165, 1.54) is 0 Å². The maximum absolute atomic E-state index is 11.5. The van der Waals surface area contributed by atoms with Crippen LogP contribution in [0.25, 0.3) is 0 Å². The van der Waals surface area contributed by atoms with Crippen LogP contribution in [-0.2, 0) is 23.0 Å². The Morgan fingerprint density at radius 1 is 1.47 bits per heavy atom. The minimum Gasteiger partial charge on any atom is -0.444 e. The summed E-state index contributed by atoms with van der Waals surface area (Å²) in [6, 6.07) is 0. The molecule has 0 atom stereocenters. The smallest absolute Gasteiger partial charge is 0.212 e. The molecule has 1 aromatic heterocycles. The van der Waals surface area contributed by atoms with Gasteiger partial charge in [0.2, 0.25) is 15.9 Å². The van der Waals surface area contributed by atoms with E-state index in [0.29, 0.717) is 18.9 Å². The molecule has 1 heterocycles. The molecular formula is C10H19N3O3S. The lowest BCUT2D eigenvalue weighted by molar-refractivity contribution is 0.452. The quantitative estimate of drug-likeness (QED) is 0.656. The van der Waals surface area contributed by atoms with Crippen LogP contribution in [0.3, 0.4) is 0 Å². The molecule has 0 bridgehead atoms. The van der Waals surface area contributed by atoms with E-state index in [-0.39, 0.29) is 12.3 Å². The number of hydrogen-bond donors (Lipinski definition) is 2. The molecule has 0 saturated carbocycles. The molecule has 0 aliphatic rings. The van der Waals surface area contributed by atoms with Crippen LogP contribution in [0.5, 0.6) is 0 Å². The van der Waals surface area contributed by atoms with Crippen molar-refractivity contribution in [3.8, 4) is 0 Å². The van der Waals surface area contributed by atoms with Gasteiger partial charge in [0, 0.05) is 6.42 Å². The first-order chi connectivity index (χ1) is 8.07. The molecule has 0 amide bonds. The highest BCUT2D eigenvalue weighted by Gasteiger charge is 2.11. The second kappa shape index (κ2) is 6.73. The highest BCUT2D eigenvalue weighted by Crippen LogP contribution is 2.04. The molecule has 0 aromatic carbocycles. The van der Waals surface area contributed by atoms with Crippen LogP contribution in [0.15, 0.2) is 10.6 Å². The highest BCUT2D eigenvalue weighted by atomic mass is 32.2. The van der Waals surface area contributed by atoms with Crippen molar-refractivity contribution in [1.29, 1.82) is 0 Å². The maximum atomic E-state index is 11.5. The zero-order valence-electron chi connectivity index (χ0n) is 10.2. The lowest BCUT2D eigenvalue weighted by Gasteiger charge is -2.04. The van der Waals surface area contributed by atoms with Gasteiger partial charge in [-0.3, -0.25) is 0 Å². The number of sulfonamides is 1. The molecule has 0 unspecified atom stereocenters. The third-order valence-corrected chi connectivity index (χ3v) is 3.64. The van der Waals surface area contributed by atoms with Crippen molar-refractivity contribution in [3.05, 3.63) is 17.8 Å². The van der Waals surface area contributed by atoms with Gasteiger partial charge in [-0.2, -0.15) is 0 Å². The van der Waals surface area contributed by atoms with Crippen molar-refractivity contribution in [2.24, 2.45) is 0 Å². The summed E-state index contributed by atoms with van der Waals surface area (Å²) >= 11 is 0. The second-order valence-electron chi connectivity index (χ2n) is 3.67. The van der Waals surface area contributed by atoms with Gasteiger partial charge < -0.3 is 9.73 Å². The van der Waals surface area contributed by atoms with Crippen LogP contribution in [0.2, 0.25) is 0 Å². The minimum absolute atomic E-state index is 0.106. The fourth-order valence-electron chi connectivity index (χ4n) is 1.28. The van der Waals surface area contributed by atoms with E-state index in [9.17, 15) is 8.42 Å². The molecule has 0 fully saturated rings. The number of aryl methyl sites for hydroxylation is 1. The molecule has 0 aliphatic heterocycles. The van der Waals surface area contributed by atoms with Gasteiger partial charge in [0.15, 0.2) is 0 Å². The molecule has 0 aliphatic carbocycles. The predicted octanol–water partition coefficient (Wildman–Crippen LogP) is 0.266. The van der Waals surface area contributed by atoms with E-state index in [1.807, 2.05) is 6.92 Å². The SMILES string of the molecule is CCc1cnc(CNS(=O)(=O)CCCNC)o1. The van der Waals surface area contributed by atoms with Crippen molar-refractivity contribution in [1.82, 2.24) is 15.0 Å². The Balaban J connectivity index is 2.38. The number of nitrogens with one attached hydrogen (secondary N) is 2. The molecule has 6 nitrogen and oxygen atoms in total. The standard InChI is InChI=1S/C10H19N3O3S/c1-3-9-7-12-10(16-9)8-13-17(14,15)6-4-5-11-2/h7,11,13H,3-6,8H2,1-2H3. The minimum atomic E-state index is -3.24.